The summed E-state index contributed by atoms with van der Waals surface area (Å²) >= 11 is 0. The molecule has 5 nitrogen and oxygen atoms in total. The van der Waals surface area contributed by atoms with Crippen molar-refractivity contribution in [2.45, 2.75) is 11.1 Å². The van der Waals surface area contributed by atoms with Crippen LogP contribution >= 0.6 is 0 Å². The van der Waals surface area contributed by atoms with Gasteiger partial charge in [-0.05, 0) is 46.5 Å². The topological polar surface area (TPSA) is 66.6 Å². The molecule has 0 saturated heterocycles. The first-order chi connectivity index (χ1) is 14.8. The zero-order valence-electron chi connectivity index (χ0n) is 18.1. The second-order valence-corrected chi connectivity index (χ2v) is 9.35. The molecule has 3 aromatic rings. The van der Waals surface area contributed by atoms with Crippen LogP contribution in [0, 0.1) is 0 Å². The molecule has 0 radical (unpaired) electrons. The summed E-state index contributed by atoms with van der Waals surface area (Å²) in [5.74, 6) is 0. The fourth-order valence-electron chi connectivity index (χ4n) is 3.57. The van der Waals surface area contributed by atoms with Crippen LogP contribution in [0.15, 0.2) is 65.6 Å². The van der Waals surface area contributed by atoms with Crippen LogP contribution in [0.4, 0.5) is 24.5 Å². The van der Waals surface area contributed by atoms with E-state index in [9.17, 15) is 21.6 Å². The predicted molar refractivity (Wildman–Crippen MR) is 122 cm³/mol. The van der Waals surface area contributed by atoms with Crippen molar-refractivity contribution in [2.24, 2.45) is 5.14 Å². The summed E-state index contributed by atoms with van der Waals surface area (Å²) in [6, 6.07) is 16.4. The van der Waals surface area contributed by atoms with Crippen molar-refractivity contribution in [3.05, 3.63) is 66.2 Å². The Labute approximate surface area is 185 Å². The average Bonchev–Trinajstić information content (AvgIpc) is 2.71. The minimum Gasteiger partial charge on any atom is -0.377 e. The predicted octanol–water partition coefficient (Wildman–Crippen LogP) is 4.82. The van der Waals surface area contributed by atoms with E-state index in [0.29, 0.717) is 11.1 Å². The summed E-state index contributed by atoms with van der Waals surface area (Å²) in [5, 5.41) is 5.18. The first-order valence-electron chi connectivity index (χ1n) is 9.63. The van der Waals surface area contributed by atoms with Gasteiger partial charge in [0.25, 0.3) is 0 Å². The van der Waals surface area contributed by atoms with Crippen LogP contribution < -0.4 is 14.9 Å². The van der Waals surface area contributed by atoms with E-state index in [-0.39, 0.29) is 16.3 Å². The first-order valence-corrected chi connectivity index (χ1v) is 11.2. The van der Waals surface area contributed by atoms with Gasteiger partial charge in [0.15, 0.2) is 0 Å². The number of alkyl halides is 3. The molecular weight excluding hydrogens is 439 g/mol. The molecule has 0 aromatic heterocycles. The summed E-state index contributed by atoms with van der Waals surface area (Å²) in [7, 11) is 2.47. The molecule has 0 aliphatic rings. The molecule has 0 aliphatic carbocycles. The van der Waals surface area contributed by atoms with Gasteiger partial charge in [-0.15, -0.1) is 0 Å². The molecule has 0 aliphatic heterocycles. The summed E-state index contributed by atoms with van der Waals surface area (Å²) in [6.45, 7) is 0. The maximum atomic E-state index is 13.9. The van der Waals surface area contributed by atoms with Crippen LogP contribution in [0.5, 0.6) is 0 Å². The fourth-order valence-corrected chi connectivity index (χ4v) is 4.09. The average molecular weight is 464 g/mol. The SMILES string of the molecule is CN(C)c1cc(-c2ccccc2-c2ccc(S(N)(=O)=O)cc2)cc(N(C)C)c1C(F)(F)F. The molecule has 32 heavy (non-hydrogen) atoms. The number of hydrogen-bond donors (Lipinski definition) is 1. The lowest BCUT2D eigenvalue weighted by Gasteiger charge is -2.27. The van der Waals surface area contributed by atoms with E-state index in [1.165, 1.54) is 34.1 Å². The lowest BCUT2D eigenvalue weighted by molar-refractivity contribution is -0.136. The Hall–Kier alpha value is -3.04. The van der Waals surface area contributed by atoms with Crippen molar-refractivity contribution < 1.29 is 21.6 Å². The lowest BCUT2D eigenvalue weighted by atomic mass is 9.92. The highest BCUT2D eigenvalue weighted by Crippen LogP contribution is 2.45. The number of nitrogens with two attached hydrogens (primary N) is 1. The zero-order chi connectivity index (χ0) is 23.8. The normalized spacial score (nSPS) is 12.0. The van der Waals surface area contributed by atoms with Crippen LogP contribution in [-0.2, 0) is 16.2 Å². The summed E-state index contributed by atoms with van der Waals surface area (Å²) < 4.78 is 64.9. The van der Waals surface area contributed by atoms with E-state index in [1.54, 1.807) is 46.4 Å². The highest BCUT2D eigenvalue weighted by Gasteiger charge is 2.38. The largest absolute Gasteiger partial charge is 0.420 e. The Bertz CT molecular complexity index is 1210. The molecule has 0 saturated carbocycles. The number of rotatable bonds is 5. The third kappa shape index (κ3) is 4.73. The summed E-state index contributed by atoms with van der Waals surface area (Å²) in [4.78, 5) is 2.88. The van der Waals surface area contributed by atoms with Crippen molar-refractivity contribution in [3.8, 4) is 22.3 Å². The minimum atomic E-state index is -4.53. The second-order valence-electron chi connectivity index (χ2n) is 7.79. The molecular formula is C23H24F3N3O2S. The van der Waals surface area contributed by atoms with Gasteiger partial charge in [0.1, 0.15) is 5.56 Å². The van der Waals surface area contributed by atoms with Crippen molar-refractivity contribution in [2.75, 3.05) is 38.0 Å². The Morgan fingerprint density at radius 3 is 1.56 bits per heavy atom. The number of benzene rings is 3. The highest BCUT2D eigenvalue weighted by molar-refractivity contribution is 7.89. The molecule has 0 fully saturated rings. The molecule has 3 aromatic carbocycles. The Morgan fingerprint density at radius 2 is 1.19 bits per heavy atom. The van der Waals surface area contributed by atoms with Crippen LogP contribution in [0.1, 0.15) is 5.56 Å². The van der Waals surface area contributed by atoms with Gasteiger partial charge in [0.2, 0.25) is 10.0 Å². The quantitative estimate of drug-likeness (QED) is 0.589. The molecule has 0 amide bonds. The van der Waals surface area contributed by atoms with Gasteiger partial charge in [-0.1, -0.05) is 36.4 Å². The molecule has 0 atom stereocenters. The van der Waals surface area contributed by atoms with Crippen molar-refractivity contribution in [3.63, 3.8) is 0 Å². The molecule has 9 heteroatoms. The monoisotopic (exact) mass is 463 g/mol. The van der Waals surface area contributed by atoms with Gasteiger partial charge in [0.05, 0.1) is 16.3 Å². The number of nitrogens with zero attached hydrogens (tertiary/aromatic N) is 2. The van der Waals surface area contributed by atoms with E-state index in [1.807, 2.05) is 18.2 Å². The van der Waals surface area contributed by atoms with E-state index in [4.69, 9.17) is 5.14 Å². The number of anilines is 2. The fraction of sp³-hybridized carbons (Fsp3) is 0.217. The number of halogens is 3. The van der Waals surface area contributed by atoms with Crippen molar-refractivity contribution in [1.82, 2.24) is 0 Å². The maximum Gasteiger partial charge on any atom is 0.420 e. The van der Waals surface area contributed by atoms with E-state index >= 15 is 0 Å². The van der Waals surface area contributed by atoms with E-state index in [2.05, 4.69) is 0 Å². The Morgan fingerprint density at radius 1 is 0.750 bits per heavy atom. The number of sulfonamides is 1. The van der Waals surface area contributed by atoms with Gasteiger partial charge in [-0.2, -0.15) is 13.2 Å². The molecule has 3 rings (SSSR count). The van der Waals surface area contributed by atoms with Gasteiger partial charge in [-0.25, -0.2) is 13.6 Å². The van der Waals surface area contributed by atoms with Crippen LogP contribution in [-0.4, -0.2) is 36.6 Å². The third-order valence-corrected chi connectivity index (χ3v) is 6.00. The molecule has 0 bridgehead atoms. The van der Waals surface area contributed by atoms with Gasteiger partial charge < -0.3 is 9.80 Å². The molecule has 170 valence electrons. The molecule has 0 spiro atoms. The van der Waals surface area contributed by atoms with Crippen LogP contribution in [0.25, 0.3) is 22.3 Å². The van der Waals surface area contributed by atoms with Gasteiger partial charge in [0, 0.05) is 28.2 Å². The summed E-state index contributed by atoms with van der Waals surface area (Å²) in [6.07, 6.45) is -4.53. The molecule has 2 N–H and O–H groups in total. The van der Waals surface area contributed by atoms with E-state index in [0.717, 1.165) is 11.1 Å². The molecule has 0 unspecified atom stereocenters. The van der Waals surface area contributed by atoms with Crippen LogP contribution in [0.2, 0.25) is 0 Å². The Kier molecular flexibility index (Phi) is 6.26. The van der Waals surface area contributed by atoms with Gasteiger partial charge >= 0.3 is 6.18 Å². The van der Waals surface area contributed by atoms with Crippen molar-refractivity contribution in [1.29, 1.82) is 0 Å². The van der Waals surface area contributed by atoms with Crippen LogP contribution in [0.3, 0.4) is 0 Å². The third-order valence-electron chi connectivity index (χ3n) is 5.08. The maximum absolute atomic E-state index is 13.9. The zero-order valence-corrected chi connectivity index (χ0v) is 18.9. The Balaban J connectivity index is 2.26. The number of primary sulfonamides is 1. The number of hydrogen-bond acceptors (Lipinski definition) is 4. The van der Waals surface area contributed by atoms with Crippen molar-refractivity contribution >= 4 is 21.4 Å². The molecule has 0 heterocycles. The minimum absolute atomic E-state index is 0.0157. The summed E-state index contributed by atoms with van der Waals surface area (Å²) in [5.41, 5.74) is 2.20. The van der Waals surface area contributed by atoms with E-state index < -0.39 is 21.8 Å². The second kappa shape index (κ2) is 8.48. The highest BCUT2D eigenvalue weighted by atomic mass is 32.2. The standard InChI is InChI=1S/C23H24F3N3O2S/c1-28(2)20-13-16(14-21(29(3)4)22(20)23(24,25)26)19-8-6-5-7-18(19)15-9-11-17(12-10-15)32(27,30)31/h5-14H,1-4H3,(H2,27,30,31). The van der Waals surface area contributed by atoms with Gasteiger partial charge in [-0.3, -0.25) is 0 Å². The lowest BCUT2D eigenvalue weighted by Crippen LogP contribution is -2.22. The smallest absolute Gasteiger partial charge is 0.377 e. The first kappa shape index (κ1) is 23.6.